The summed E-state index contributed by atoms with van der Waals surface area (Å²) in [4.78, 5) is 11.1. The topological polar surface area (TPSA) is 62.1 Å². The molecule has 1 aromatic carbocycles. The van der Waals surface area contributed by atoms with Gasteiger partial charge in [-0.15, -0.1) is 13.2 Å². The molecule has 0 spiro atoms. The molecule has 1 amide bonds. The maximum Gasteiger partial charge on any atom is 0.573 e. The summed E-state index contributed by atoms with van der Waals surface area (Å²) in [6.07, 6.45) is -5.30. The third-order valence-electron chi connectivity index (χ3n) is 1.68. The normalized spacial score (nSPS) is 10.6. The van der Waals surface area contributed by atoms with Crippen molar-refractivity contribution in [3.05, 3.63) is 21.8 Å². The molecule has 0 bridgehead atoms. The van der Waals surface area contributed by atoms with Crippen molar-refractivity contribution in [3.63, 3.8) is 0 Å². The lowest BCUT2D eigenvalue weighted by molar-refractivity contribution is -0.274. The van der Waals surface area contributed by atoms with E-state index in [2.05, 4.69) is 10.1 Å². The van der Waals surface area contributed by atoms with Gasteiger partial charge in [-0.2, -0.15) is 5.26 Å². The second-order valence-electron chi connectivity index (χ2n) is 3.07. The number of nitrogens with zero attached hydrogens (tertiary/aromatic N) is 1. The molecule has 0 radical (unpaired) electrons. The lowest BCUT2D eigenvalue weighted by atomic mass is 10.3. The van der Waals surface area contributed by atoms with Gasteiger partial charge in [0, 0.05) is 3.57 Å². The number of ether oxygens (including phenoxy) is 1. The smallest absolute Gasteiger partial charge is 0.404 e. The number of alkyl halides is 3. The highest BCUT2D eigenvalue weighted by Gasteiger charge is 2.32. The highest BCUT2D eigenvalue weighted by atomic mass is 127. The third-order valence-corrected chi connectivity index (χ3v) is 2.35. The van der Waals surface area contributed by atoms with Gasteiger partial charge in [0.1, 0.15) is 6.42 Å². The molecule has 4 nitrogen and oxygen atoms in total. The first-order valence-corrected chi connectivity index (χ1v) is 5.62. The Hall–Kier alpha value is -1.50. The predicted molar refractivity (Wildman–Crippen MR) is 64.7 cm³/mol. The van der Waals surface area contributed by atoms with E-state index in [1.165, 1.54) is 12.1 Å². The molecule has 0 saturated heterocycles. The van der Waals surface area contributed by atoms with Gasteiger partial charge in [0.15, 0.2) is 5.75 Å². The molecule has 0 aliphatic carbocycles. The van der Waals surface area contributed by atoms with Gasteiger partial charge in [0.2, 0.25) is 5.91 Å². The number of benzene rings is 1. The summed E-state index contributed by atoms with van der Waals surface area (Å²) in [7, 11) is 0. The van der Waals surface area contributed by atoms with Gasteiger partial charge in [-0.1, -0.05) is 0 Å². The summed E-state index contributed by atoms with van der Waals surface area (Å²) >= 11 is 1.81. The molecule has 0 aromatic heterocycles. The van der Waals surface area contributed by atoms with Crippen molar-refractivity contribution in [3.8, 4) is 11.8 Å². The van der Waals surface area contributed by atoms with E-state index in [0.29, 0.717) is 3.57 Å². The molecule has 0 fully saturated rings. The zero-order chi connectivity index (χ0) is 13.8. The summed E-state index contributed by atoms with van der Waals surface area (Å²) in [5.74, 6) is -1.22. The average Bonchev–Trinajstić information content (AvgIpc) is 2.20. The van der Waals surface area contributed by atoms with Crippen molar-refractivity contribution >= 4 is 34.2 Å². The SMILES string of the molecule is N#CCC(=O)Nc1ccc(I)cc1OC(F)(F)F. The summed E-state index contributed by atoms with van der Waals surface area (Å²) in [6, 6.07) is 5.51. The van der Waals surface area contributed by atoms with Crippen molar-refractivity contribution < 1.29 is 22.7 Å². The van der Waals surface area contributed by atoms with Crippen LogP contribution in [-0.2, 0) is 4.79 Å². The standard InChI is InChI=1S/C10H6F3IN2O2/c11-10(12,13)18-8-5-6(14)1-2-7(8)16-9(17)3-4-15/h1-2,5H,3H2,(H,16,17). The van der Waals surface area contributed by atoms with Crippen LogP contribution in [0.4, 0.5) is 18.9 Å². The highest BCUT2D eigenvalue weighted by molar-refractivity contribution is 14.1. The van der Waals surface area contributed by atoms with E-state index in [-0.39, 0.29) is 5.69 Å². The number of rotatable bonds is 3. The van der Waals surface area contributed by atoms with E-state index in [0.717, 1.165) is 6.07 Å². The van der Waals surface area contributed by atoms with E-state index < -0.39 is 24.4 Å². The van der Waals surface area contributed by atoms with Crippen LogP contribution in [-0.4, -0.2) is 12.3 Å². The quantitative estimate of drug-likeness (QED) is 0.833. The number of hydrogen-bond donors (Lipinski definition) is 1. The number of nitriles is 1. The molecule has 18 heavy (non-hydrogen) atoms. The monoisotopic (exact) mass is 370 g/mol. The molecule has 0 atom stereocenters. The Kier molecular flexibility index (Phi) is 4.77. The Morgan fingerprint density at radius 2 is 2.17 bits per heavy atom. The highest BCUT2D eigenvalue weighted by Crippen LogP contribution is 2.31. The van der Waals surface area contributed by atoms with Crippen LogP contribution in [0.3, 0.4) is 0 Å². The number of anilines is 1. The Labute approximate surface area is 114 Å². The Balaban J connectivity index is 2.97. The molecular weight excluding hydrogens is 364 g/mol. The van der Waals surface area contributed by atoms with Crippen LogP contribution in [0.15, 0.2) is 18.2 Å². The van der Waals surface area contributed by atoms with E-state index in [4.69, 9.17) is 5.26 Å². The molecule has 1 N–H and O–H groups in total. The average molecular weight is 370 g/mol. The van der Waals surface area contributed by atoms with Crippen molar-refractivity contribution in [2.75, 3.05) is 5.32 Å². The van der Waals surface area contributed by atoms with Crippen molar-refractivity contribution in [1.29, 1.82) is 5.26 Å². The number of hydrogen-bond acceptors (Lipinski definition) is 3. The van der Waals surface area contributed by atoms with Crippen LogP contribution in [0.25, 0.3) is 0 Å². The molecule has 0 unspecified atom stereocenters. The minimum Gasteiger partial charge on any atom is -0.404 e. The fourth-order valence-corrected chi connectivity index (χ4v) is 1.54. The van der Waals surface area contributed by atoms with Gasteiger partial charge in [-0.25, -0.2) is 0 Å². The van der Waals surface area contributed by atoms with Crippen LogP contribution in [0.2, 0.25) is 0 Å². The largest absolute Gasteiger partial charge is 0.573 e. The van der Waals surface area contributed by atoms with Crippen LogP contribution < -0.4 is 10.1 Å². The molecule has 0 saturated carbocycles. The Morgan fingerprint density at radius 1 is 1.50 bits per heavy atom. The number of nitrogens with one attached hydrogen (secondary N) is 1. The third kappa shape index (κ3) is 4.79. The van der Waals surface area contributed by atoms with Gasteiger partial charge in [0.25, 0.3) is 0 Å². The summed E-state index contributed by atoms with van der Waals surface area (Å²) in [5, 5.41) is 10.5. The van der Waals surface area contributed by atoms with Crippen molar-refractivity contribution in [1.82, 2.24) is 0 Å². The molecule has 0 heterocycles. The van der Waals surface area contributed by atoms with Gasteiger partial charge < -0.3 is 10.1 Å². The lowest BCUT2D eigenvalue weighted by Gasteiger charge is -2.13. The molecule has 8 heteroatoms. The van der Waals surface area contributed by atoms with E-state index in [1.807, 2.05) is 22.6 Å². The molecule has 0 aliphatic heterocycles. The number of carbonyl (C=O) groups is 1. The van der Waals surface area contributed by atoms with Gasteiger partial charge in [-0.05, 0) is 40.8 Å². The first-order valence-electron chi connectivity index (χ1n) is 4.54. The van der Waals surface area contributed by atoms with Crippen LogP contribution in [0, 0.1) is 14.9 Å². The van der Waals surface area contributed by atoms with Crippen LogP contribution in [0.1, 0.15) is 6.42 Å². The first kappa shape index (κ1) is 14.6. The zero-order valence-electron chi connectivity index (χ0n) is 8.71. The minimum atomic E-state index is -4.85. The van der Waals surface area contributed by atoms with E-state index >= 15 is 0 Å². The second kappa shape index (κ2) is 5.90. The van der Waals surface area contributed by atoms with E-state index in [1.54, 1.807) is 6.07 Å². The molecule has 1 aromatic rings. The number of carbonyl (C=O) groups excluding carboxylic acids is 1. The van der Waals surface area contributed by atoms with Crippen LogP contribution in [0.5, 0.6) is 5.75 Å². The minimum absolute atomic E-state index is 0.131. The number of amides is 1. The Bertz CT molecular complexity index is 497. The van der Waals surface area contributed by atoms with Crippen LogP contribution >= 0.6 is 22.6 Å². The maximum absolute atomic E-state index is 12.1. The number of halogens is 4. The van der Waals surface area contributed by atoms with Gasteiger partial charge in [0.05, 0.1) is 11.8 Å². The predicted octanol–water partition coefficient (Wildman–Crippen LogP) is 3.04. The fraction of sp³-hybridized carbons (Fsp3) is 0.200. The lowest BCUT2D eigenvalue weighted by Crippen LogP contribution is -2.19. The molecule has 1 rings (SSSR count). The molecular formula is C10H6F3IN2O2. The zero-order valence-corrected chi connectivity index (χ0v) is 10.9. The van der Waals surface area contributed by atoms with Gasteiger partial charge >= 0.3 is 6.36 Å². The second-order valence-corrected chi connectivity index (χ2v) is 4.32. The Morgan fingerprint density at radius 3 is 2.72 bits per heavy atom. The fourth-order valence-electron chi connectivity index (χ4n) is 1.07. The first-order chi connectivity index (χ1) is 8.31. The van der Waals surface area contributed by atoms with Gasteiger partial charge in [-0.3, -0.25) is 4.79 Å². The molecule has 0 aliphatic rings. The van der Waals surface area contributed by atoms with Crippen molar-refractivity contribution in [2.45, 2.75) is 12.8 Å². The molecule has 96 valence electrons. The maximum atomic E-state index is 12.1. The summed E-state index contributed by atoms with van der Waals surface area (Å²) in [6.45, 7) is 0. The van der Waals surface area contributed by atoms with Crippen molar-refractivity contribution in [2.24, 2.45) is 0 Å². The summed E-state index contributed by atoms with van der Waals surface area (Å²) in [5.41, 5.74) is -0.131. The summed E-state index contributed by atoms with van der Waals surface area (Å²) < 4.78 is 40.8. The van der Waals surface area contributed by atoms with E-state index in [9.17, 15) is 18.0 Å².